The molecule has 2 unspecified atom stereocenters. The number of benzene rings is 1. The van der Waals surface area contributed by atoms with E-state index >= 15 is 0 Å². The Morgan fingerprint density at radius 2 is 2.10 bits per heavy atom. The maximum Gasteiger partial charge on any atom is 0.244 e. The minimum Gasteiger partial charge on any atom is -0.345 e. The van der Waals surface area contributed by atoms with Gasteiger partial charge in [0.15, 0.2) is 0 Å². The molecule has 0 aliphatic carbocycles. The largest absolute Gasteiger partial charge is 0.345 e. The van der Waals surface area contributed by atoms with Gasteiger partial charge in [-0.15, -0.1) is 11.3 Å². The van der Waals surface area contributed by atoms with Crippen molar-refractivity contribution in [1.82, 2.24) is 20.2 Å². The molecule has 3 heterocycles. The Morgan fingerprint density at radius 1 is 1.24 bits per heavy atom. The van der Waals surface area contributed by atoms with Crippen LogP contribution in [0.2, 0.25) is 0 Å². The third-order valence-corrected chi connectivity index (χ3v) is 4.68. The second-order valence-corrected chi connectivity index (χ2v) is 5.94. The van der Waals surface area contributed by atoms with Gasteiger partial charge >= 0.3 is 0 Å². The Morgan fingerprint density at radius 3 is 2.86 bits per heavy atom. The monoisotopic (exact) mass is 301 g/mol. The molecular formula is C14H12FN5S. The van der Waals surface area contributed by atoms with Gasteiger partial charge in [-0.05, 0) is 46.0 Å². The van der Waals surface area contributed by atoms with E-state index in [1.165, 1.54) is 17.0 Å². The number of hydrogen-bond donors (Lipinski definition) is 1. The zero-order valence-electron chi connectivity index (χ0n) is 11.0. The molecule has 0 fully saturated rings. The number of aromatic nitrogens is 4. The van der Waals surface area contributed by atoms with Gasteiger partial charge in [-0.25, -0.2) is 9.07 Å². The van der Waals surface area contributed by atoms with E-state index < -0.39 is 0 Å². The number of nitrogens with one attached hydrogen (secondary N) is 1. The zero-order valence-corrected chi connectivity index (χ0v) is 11.8. The molecule has 0 bridgehead atoms. The summed E-state index contributed by atoms with van der Waals surface area (Å²) in [7, 11) is 0. The molecule has 1 aliphatic heterocycles. The summed E-state index contributed by atoms with van der Waals surface area (Å²) in [5.74, 6) is 0.411. The predicted molar refractivity (Wildman–Crippen MR) is 77.7 cm³/mol. The van der Waals surface area contributed by atoms with Crippen molar-refractivity contribution in [1.29, 1.82) is 0 Å². The quantitative estimate of drug-likeness (QED) is 0.790. The highest BCUT2D eigenvalue weighted by Crippen LogP contribution is 2.38. The topological polar surface area (TPSA) is 55.6 Å². The molecule has 0 saturated heterocycles. The first-order valence-corrected chi connectivity index (χ1v) is 7.52. The van der Waals surface area contributed by atoms with Crippen molar-refractivity contribution in [2.75, 3.05) is 5.32 Å². The molecular weight excluding hydrogens is 289 g/mol. The maximum absolute atomic E-state index is 13.1. The molecule has 7 heteroatoms. The predicted octanol–water partition coefficient (Wildman–Crippen LogP) is 3.02. The van der Waals surface area contributed by atoms with Gasteiger partial charge in [-0.1, -0.05) is 23.3 Å². The summed E-state index contributed by atoms with van der Waals surface area (Å²) in [6.45, 7) is 0. The van der Waals surface area contributed by atoms with Gasteiger partial charge in [0, 0.05) is 4.88 Å². The summed E-state index contributed by atoms with van der Waals surface area (Å²) >= 11 is 1.71. The molecule has 2 aromatic heterocycles. The van der Waals surface area contributed by atoms with Crippen molar-refractivity contribution in [3.8, 4) is 0 Å². The van der Waals surface area contributed by atoms with Crippen LogP contribution in [0, 0.1) is 5.82 Å². The van der Waals surface area contributed by atoms with Crippen LogP contribution in [-0.4, -0.2) is 20.2 Å². The Kier molecular flexibility index (Phi) is 2.92. The Labute approximate surface area is 124 Å². The second kappa shape index (κ2) is 4.92. The van der Waals surface area contributed by atoms with E-state index in [9.17, 15) is 4.39 Å². The van der Waals surface area contributed by atoms with Gasteiger partial charge < -0.3 is 5.32 Å². The highest BCUT2D eigenvalue weighted by atomic mass is 32.1. The van der Waals surface area contributed by atoms with Crippen LogP contribution >= 0.6 is 11.3 Å². The number of halogens is 1. The molecule has 4 rings (SSSR count). The van der Waals surface area contributed by atoms with Crippen LogP contribution < -0.4 is 5.32 Å². The average Bonchev–Trinajstić information content (AvgIpc) is 3.18. The minimum atomic E-state index is -0.237. The summed E-state index contributed by atoms with van der Waals surface area (Å²) in [5.41, 5.74) is 1.01. The molecule has 0 amide bonds. The number of thiophene rings is 1. The van der Waals surface area contributed by atoms with Gasteiger partial charge in [0.2, 0.25) is 5.95 Å². The second-order valence-electron chi connectivity index (χ2n) is 4.96. The molecule has 5 nitrogen and oxygen atoms in total. The number of rotatable bonds is 2. The fourth-order valence-electron chi connectivity index (χ4n) is 2.68. The van der Waals surface area contributed by atoms with Crippen LogP contribution in [0.25, 0.3) is 0 Å². The first-order chi connectivity index (χ1) is 10.3. The fourth-order valence-corrected chi connectivity index (χ4v) is 3.47. The lowest BCUT2D eigenvalue weighted by Gasteiger charge is -2.30. The van der Waals surface area contributed by atoms with Gasteiger partial charge in [-0.2, -0.15) is 0 Å². The minimum absolute atomic E-state index is 0.00366. The Hall–Kier alpha value is -2.28. The molecule has 1 N–H and O–H groups in total. The van der Waals surface area contributed by atoms with Crippen LogP contribution in [0.1, 0.15) is 28.9 Å². The van der Waals surface area contributed by atoms with Crippen molar-refractivity contribution in [3.63, 3.8) is 0 Å². The lowest BCUT2D eigenvalue weighted by Crippen LogP contribution is -2.27. The van der Waals surface area contributed by atoms with Gasteiger partial charge in [0.1, 0.15) is 5.82 Å². The third-order valence-electron chi connectivity index (χ3n) is 3.69. The summed E-state index contributed by atoms with van der Waals surface area (Å²) in [6, 6.07) is 10.8. The normalized spacial score (nSPS) is 20.8. The van der Waals surface area contributed by atoms with E-state index in [0.717, 1.165) is 12.0 Å². The molecule has 21 heavy (non-hydrogen) atoms. The standard InChI is InChI=1S/C14H12FN5S/c15-10-5-3-9(4-6-10)12-8-11(13-2-1-7-21-13)16-14-17-18-19-20(12)14/h1-7,11-12H,8H2,(H,16,17,19). The molecule has 0 saturated carbocycles. The molecule has 106 valence electrons. The smallest absolute Gasteiger partial charge is 0.244 e. The lowest BCUT2D eigenvalue weighted by molar-refractivity contribution is 0.425. The summed E-state index contributed by atoms with van der Waals surface area (Å²) in [4.78, 5) is 1.25. The molecule has 0 radical (unpaired) electrons. The maximum atomic E-state index is 13.1. The van der Waals surface area contributed by atoms with Crippen LogP contribution in [-0.2, 0) is 0 Å². The first-order valence-electron chi connectivity index (χ1n) is 6.64. The van der Waals surface area contributed by atoms with Crippen molar-refractivity contribution < 1.29 is 4.39 Å². The number of hydrogen-bond acceptors (Lipinski definition) is 5. The SMILES string of the molecule is Fc1ccc(C2CC(c3cccs3)Nc3nnnn32)cc1. The van der Waals surface area contributed by atoms with Crippen LogP contribution in [0.4, 0.5) is 10.3 Å². The van der Waals surface area contributed by atoms with E-state index in [1.54, 1.807) is 28.2 Å². The van der Waals surface area contributed by atoms with E-state index in [4.69, 9.17) is 0 Å². The Bertz CT molecular complexity index is 737. The number of fused-ring (bicyclic) bond motifs is 1. The van der Waals surface area contributed by atoms with Crippen molar-refractivity contribution in [2.24, 2.45) is 0 Å². The van der Waals surface area contributed by atoms with Gasteiger partial charge in [0.05, 0.1) is 12.1 Å². The highest BCUT2D eigenvalue weighted by molar-refractivity contribution is 7.10. The van der Waals surface area contributed by atoms with Gasteiger partial charge in [0.25, 0.3) is 0 Å². The number of tetrazole rings is 1. The van der Waals surface area contributed by atoms with Gasteiger partial charge in [-0.3, -0.25) is 0 Å². The van der Waals surface area contributed by atoms with Crippen molar-refractivity contribution in [2.45, 2.75) is 18.5 Å². The summed E-state index contributed by atoms with van der Waals surface area (Å²) in [5, 5.41) is 17.2. The van der Waals surface area contributed by atoms with E-state index in [2.05, 4.69) is 32.3 Å². The third kappa shape index (κ3) is 2.19. The highest BCUT2D eigenvalue weighted by Gasteiger charge is 2.30. The average molecular weight is 301 g/mol. The van der Waals surface area contributed by atoms with Crippen molar-refractivity contribution >= 4 is 17.3 Å². The molecule has 1 aromatic carbocycles. The van der Waals surface area contributed by atoms with E-state index in [-0.39, 0.29) is 17.9 Å². The first kappa shape index (κ1) is 12.5. The van der Waals surface area contributed by atoms with E-state index in [1.807, 2.05) is 6.07 Å². The lowest BCUT2D eigenvalue weighted by atomic mass is 9.97. The molecule has 1 aliphatic rings. The summed E-state index contributed by atoms with van der Waals surface area (Å²) < 4.78 is 14.9. The molecule has 0 spiro atoms. The van der Waals surface area contributed by atoms with E-state index in [0.29, 0.717) is 5.95 Å². The van der Waals surface area contributed by atoms with Crippen LogP contribution in [0.5, 0.6) is 0 Å². The Balaban J connectivity index is 1.74. The number of nitrogens with zero attached hydrogens (tertiary/aromatic N) is 4. The summed E-state index contributed by atoms with van der Waals surface area (Å²) in [6.07, 6.45) is 0.824. The number of anilines is 1. The fraction of sp³-hybridized carbons (Fsp3) is 0.214. The van der Waals surface area contributed by atoms with Crippen LogP contribution in [0.3, 0.4) is 0 Å². The molecule has 2 atom stereocenters. The van der Waals surface area contributed by atoms with Crippen molar-refractivity contribution in [3.05, 3.63) is 58.0 Å². The zero-order chi connectivity index (χ0) is 14.2. The van der Waals surface area contributed by atoms with Crippen LogP contribution in [0.15, 0.2) is 41.8 Å². The molecule has 3 aromatic rings.